The van der Waals surface area contributed by atoms with E-state index in [1.807, 2.05) is 0 Å². The highest BCUT2D eigenvalue weighted by molar-refractivity contribution is 7.89. The molecule has 0 spiro atoms. The summed E-state index contributed by atoms with van der Waals surface area (Å²) < 4.78 is 26.9. The number of aromatic nitrogens is 1. The molecule has 1 unspecified atom stereocenters. The second-order valence-electron chi connectivity index (χ2n) is 4.26. The molecule has 2 rings (SSSR count). The Morgan fingerprint density at radius 3 is 2.89 bits per heavy atom. The summed E-state index contributed by atoms with van der Waals surface area (Å²) in [5.74, 6) is 0.312. The van der Waals surface area contributed by atoms with E-state index in [0.29, 0.717) is 5.92 Å². The monoisotopic (exact) mass is 266 g/mol. The van der Waals surface area contributed by atoms with Crippen LogP contribution in [0.1, 0.15) is 18.5 Å². The van der Waals surface area contributed by atoms with Crippen molar-refractivity contribution in [2.75, 3.05) is 6.54 Å². The average molecular weight is 266 g/mol. The summed E-state index contributed by atoms with van der Waals surface area (Å²) in [6.45, 7) is 0.256. The number of nitrogens with two attached hydrogens (primary N) is 1. The van der Waals surface area contributed by atoms with Crippen LogP contribution >= 0.6 is 0 Å². The van der Waals surface area contributed by atoms with Crippen molar-refractivity contribution in [3.05, 3.63) is 24.0 Å². The minimum atomic E-state index is -3.73. The zero-order valence-electron chi connectivity index (χ0n) is 9.70. The molecule has 0 aliphatic heterocycles. The Balaban J connectivity index is 2.27. The van der Waals surface area contributed by atoms with Crippen molar-refractivity contribution in [3.8, 4) is 6.07 Å². The molecule has 1 aromatic rings. The van der Waals surface area contributed by atoms with Gasteiger partial charge in [-0.05, 0) is 30.9 Å². The molecule has 0 bridgehead atoms. The van der Waals surface area contributed by atoms with Crippen molar-refractivity contribution >= 4 is 10.0 Å². The summed E-state index contributed by atoms with van der Waals surface area (Å²) in [4.78, 5) is 3.65. The molecule has 6 nitrogen and oxygen atoms in total. The van der Waals surface area contributed by atoms with Gasteiger partial charge in [0.2, 0.25) is 10.0 Å². The molecule has 18 heavy (non-hydrogen) atoms. The maximum Gasteiger partial charge on any atom is 0.243 e. The molecule has 1 atom stereocenters. The Labute approximate surface area is 106 Å². The maximum absolute atomic E-state index is 12.2. The molecule has 0 amide bonds. The van der Waals surface area contributed by atoms with Crippen LogP contribution in [-0.2, 0) is 10.0 Å². The van der Waals surface area contributed by atoms with E-state index in [1.54, 1.807) is 6.07 Å². The smallest absolute Gasteiger partial charge is 0.243 e. The lowest BCUT2D eigenvalue weighted by atomic mass is 10.2. The van der Waals surface area contributed by atoms with Gasteiger partial charge in [0.15, 0.2) is 5.69 Å². The summed E-state index contributed by atoms with van der Waals surface area (Å²) in [7, 11) is -3.73. The lowest BCUT2D eigenvalue weighted by Crippen LogP contribution is -2.41. The Bertz CT molecular complexity index is 575. The first-order chi connectivity index (χ1) is 8.58. The fourth-order valence-electron chi connectivity index (χ4n) is 1.79. The van der Waals surface area contributed by atoms with E-state index >= 15 is 0 Å². The van der Waals surface area contributed by atoms with Crippen LogP contribution in [0, 0.1) is 17.2 Å². The minimum absolute atomic E-state index is 0.0911. The first-order valence-electron chi connectivity index (χ1n) is 5.66. The lowest BCUT2D eigenvalue weighted by Gasteiger charge is -2.16. The van der Waals surface area contributed by atoms with Crippen LogP contribution in [0.25, 0.3) is 0 Å². The minimum Gasteiger partial charge on any atom is -0.329 e. The van der Waals surface area contributed by atoms with Crippen molar-refractivity contribution < 1.29 is 8.42 Å². The number of sulfonamides is 1. The van der Waals surface area contributed by atoms with Gasteiger partial charge >= 0.3 is 0 Å². The van der Waals surface area contributed by atoms with E-state index in [-0.39, 0.29) is 23.2 Å². The quantitative estimate of drug-likeness (QED) is 0.777. The largest absolute Gasteiger partial charge is 0.329 e. The normalized spacial score (nSPS) is 17.1. The van der Waals surface area contributed by atoms with Gasteiger partial charge in [-0.15, -0.1) is 0 Å². The standard InChI is InChI=1S/C11H14N4O2S/c12-6-9(8-3-4-8)15-18(16,17)11-2-1-5-14-10(11)7-13/h1-2,5,8-9,15H,3-4,6,12H2. The van der Waals surface area contributed by atoms with Gasteiger partial charge in [0, 0.05) is 18.8 Å². The third-order valence-electron chi connectivity index (χ3n) is 2.92. The Hall–Kier alpha value is -1.49. The molecule has 3 N–H and O–H groups in total. The lowest BCUT2D eigenvalue weighted by molar-refractivity contribution is 0.519. The van der Waals surface area contributed by atoms with E-state index in [1.165, 1.54) is 18.3 Å². The molecule has 1 fully saturated rings. The Kier molecular flexibility index (Phi) is 3.61. The highest BCUT2D eigenvalue weighted by Crippen LogP contribution is 2.32. The van der Waals surface area contributed by atoms with Crippen molar-refractivity contribution in [3.63, 3.8) is 0 Å². The van der Waals surface area contributed by atoms with Crippen LogP contribution in [0.3, 0.4) is 0 Å². The number of rotatable bonds is 5. The van der Waals surface area contributed by atoms with Gasteiger partial charge in [-0.25, -0.2) is 18.1 Å². The van der Waals surface area contributed by atoms with Crippen LogP contribution in [0.15, 0.2) is 23.2 Å². The third-order valence-corrected chi connectivity index (χ3v) is 4.44. The first kappa shape index (κ1) is 13.0. The third kappa shape index (κ3) is 2.67. The average Bonchev–Trinajstić information content (AvgIpc) is 3.20. The summed E-state index contributed by atoms with van der Waals surface area (Å²) in [5.41, 5.74) is 5.46. The topological polar surface area (TPSA) is 109 Å². The first-order valence-corrected chi connectivity index (χ1v) is 7.14. The van der Waals surface area contributed by atoms with Crippen LogP contribution in [0.4, 0.5) is 0 Å². The van der Waals surface area contributed by atoms with Gasteiger partial charge in [-0.3, -0.25) is 0 Å². The second-order valence-corrected chi connectivity index (χ2v) is 5.95. The number of pyridine rings is 1. The zero-order chi connectivity index (χ0) is 13.2. The summed E-state index contributed by atoms with van der Waals surface area (Å²) in [5, 5.41) is 8.87. The van der Waals surface area contributed by atoms with E-state index < -0.39 is 10.0 Å². The van der Waals surface area contributed by atoms with Gasteiger partial charge in [0.1, 0.15) is 11.0 Å². The number of hydrogen-bond acceptors (Lipinski definition) is 5. The second kappa shape index (κ2) is 5.02. The van der Waals surface area contributed by atoms with Gasteiger partial charge in [-0.1, -0.05) is 0 Å². The molecule has 1 heterocycles. The fraction of sp³-hybridized carbons (Fsp3) is 0.455. The van der Waals surface area contributed by atoms with E-state index in [0.717, 1.165) is 12.8 Å². The Morgan fingerprint density at radius 2 is 2.33 bits per heavy atom. The molecule has 1 aliphatic rings. The van der Waals surface area contributed by atoms with Crippen molar-refractivity contribution in [1.82, 2.24) is 9.71 Å². The predicted molar refractivity (Wildman–Crippen MR) is 64.8 cm³/mol. The van der Waals surface area contributed by atoms with E-state index in [4.69, 9.17) is 11.0 Å². The molecular weight excluding hydrogens is 252 g/mol. The number of hydrogen-bond donors (Lipinski definition) is 2. The Morgan fingerprint density at radius 1 is 1.61 bits per heavy atom. The highest BCUT2D eigenvalue weighted by atomic mass is 32.2. The fourth-order valence-corrected chi connectivity index (χ4v) is 3.21. The molecule has 1 saturated carbocycles. The number of nitrogens with one attached hydrogen (secondary N) is 1. The van der Waals surface area contributed by atoms with Crippen molar-refractivity contribution in [2.24, 2.45) is 11.7 Å². The van der Waals surface area contributed by atoms with Crippen LogP contribution < -0.4 is 10.5 Å². The SMILES string of the molecule is N#Cc1ncccc1S(=O)(=O)NC(CN)C1CC1. The van der Waals surface area contributed by atoms with E-state index in [2.05, 4.69) is 9.71 Å². The molecular formula is C11H14N4O2S. The maximum atomic E-state index is 12.2. The summed E-state index contributed by atoms with van der Waals surface area (Å²) >= 11 is 0. The van der Waals surface area contributed by atoms with Gasteiger partial charge < -0.3 is 5.73 Å². The van der Waals surface area contributed by atoms with Crippen LogP contribution in [0.5, 0.6) is 0 Å². The van der Waals surface area contributed by atoms with Gasteiger partial charge in [0.25, 0.3) is 0 Å². The molecule has 0 radical (unpaired) electrons. The van der Waals surface area contributed by atoms with Crippen LogP contribution in [-0.4, -0.2) is 26.0 Å². The summed E-state index contributed by atoms with van der Waals surface area (Å²) in [6, 6.07) is 4.37. The van der Waals surface area contributed by atoms with Crippen LogP contribution in [0.2, 0.25) is 0 Å². The zero-order valence-corrected chi connectivity index (χ0v) is 10.5. The molecule has 96 valence electrons. The predicted octanol–water partition coefficient (Wildman–Crippen LogP) is -0.0311. The molecule has 1 aromatic heterocycles. The molecule has 0 saturated heterocycles. The number of nitriles is 1. The molecule has 7 heteroatoms. The van der Waals surface area contributed by atoms with Gasteiger partial charge in [0.05, 0.1) is 0 Å². The van der Waals surface area contributed by atoms with E-state index in [9.17, 15) is 8.42 Å². The molecule has 0 aromatic carbocycles. The van der Waals surface area contributed by atoms with Crippen molar-refractivity contribution in [1.29, 1.82) is 5.26 Å². The van der Waals surface area contributed by atoms with Gasteiger partial charge in [-0.2, -0.15) is 5.26 Å². The number of nitrogens with zero attached hydrogens (tertiary/aromatic N) is 2. The molecule has 1 aliphatic carbocycles. The summed E-state index contributed by atoms with van der Waals surface area (Å²) in [6.07, 6.45) is 3.37. The highest BCUT2D eigenvalue weighted by Gasteiger charge is 2.34. The van der Waals surface area contributed by atoms with Crippen molar-refractivity contribution in [2.45, 2.75) is 23.8 Å².